The molecule has 245 valence electrons. The summed E-state index contributed by atoms with van der Waals surface area (Å²) in [6.07, 6.45) is 25.9. The Morgan fingerprint density at radius 1 is 0.591 bits per heavy atom. The van der Waals surface area contributed by atoms with Gasteiger partial charge in [0.25, 0.3) is 0 Å². The normalized spacial score (nSPS) is 13.4. The van der Waals surface area contributed by atoms with Crippen LogP contribution in [-0.2, 0) is 21.7 Å². The number of hydrogen-bond donors (Lipinski definition) is 0. The minimum atomic E-state index is 0. The van der Waals surface area contributed by atoms with E-state index in [0.29, 0.717) is 12.5 Å². The molecule has 44 heavy (non-hydrogen) atoms. The predicted molar refractivity (Wildman–Crippen MR) is 199 cm³/mol. The van der Waals surface area contributed by atoms with Gasteiger partial charge in [-0.3, -0.25) is 6.08 Å². The Balaban J connectivity index is 0. The first-order valence-corrected chi connectivity index (χ1v) is 20.0. The van der Waals surface area contributed by atoms with Crippen molar-refractivity contribution in [3.63, 3.8) is 0 Å². The first kappa shape index (κ1) is 44.9. The molecule has 3 heteroatoms. The van der Waals surface area contributed by atoms with Gasteiger partial charge in [-0.05, 0) is 11.1 Å². The summed E-state index contributed by atoms with van der Waals surface area (Å²) < 4.78 is 0. The van der Waals surface area contributed by atoms with Crippen molar-refractivity contribution in [2.45, 2.75) is 150 Å². The van der Waals surface area contributed by atoms with Gasteiger partial charge in [-0.15, -0.1) is 6.92 Å². The third-order valence-electron chi connectivity index (χ3n) is 8.15. The van der Waals surface area contributed by atoms with Crippen LogP contribution in [0.4, 0.5) is 0 Å². The van der Waals surface area contributed by atoms with Gasteiger partial charge in [0.05, 0.1) is 0 Å². The summed E-state index contributed by atoms with van der Waals surface area (Å²) >= 11 is 0. The van der Waals surface area contributed by atoms with Crippen molar-refractivity contribution in [1.29, 1.82) is 0 Å². The largest absolute Gasteiger partial charge is 2.00 e. The van der Waals surface area contributed by atoms with Crippen molar-refractivity contribution >= 4 is 9.52 Å². The molecule has 0 spiro atoms. The monoisotopic (exact) mass is 650 g/mol. The van der Waals surface area contributed by atoms with Crippen LogP contribution in [-0.4, -0.2) is 16.1 Å². The van der Waals surface area contributed by atoms with E-state index in [1.54, 1.807) is 0 Å². The Labute approximate surface area is 293 Å². The van der Waals surface area contributed by atoms with Gasteiger partial charge in [-0.2, -0.15) is 17.7 Å². The molecule has 0 saturated carbocycles. The van der Waals surface area contributed by atoms with Gasteiger partial charge < -0.3 is 5.73 Å². The molecule has 1 aliphatic rings. The quantitative estimate of drug-likeness (QED) is 0.0924. The second kappa shape index (κ2) is 33.2. The van der Waals surface area contributed by atoms with Crippen molar-refractivity contribution < 1.29 is 21.7 Å². The fourth-order valence-corrected chi connectivity index (χ4v) is 5.10. The van der Waals surface area contributed by atoms with Crippen LogP contribution >= 0.6 is 0 Å². The maximum absolute atomic E-state index is 7.08. The van der Waals surface area contributed by atoms with Gasteiger partial charge in [0.1, 0.15) is 0 Å². The van der Waals surface area contributed by atoms with Gasteiger partial charge in [0, 0.05) is 9.52 Å². The number of benzene rings is 2. The standard InChI is InChI=1S/C18H38N.C12H10.C9H13.C2H7Si.Ti/c1-2-3-4-5-6-7-8-9-10-11-12-13-14-15-16-17-18-19;1-3-7-11(8-4-1)12-9-5-2-6-10-12;1-6-5-7(2)9(4)8(6)3;1-3-2;/h19H,2-18H2,1H3;1-10H;6H,1-4H3;3H,1-2H3;/q-1;;-1;;+2. The summed E-state index contributed by atoms with van der Waals surface area (Å²) in [6, 6.07) is 20.8. The van der Waals surface area contributed by atoms with E-state index in [-0.39, 0.29) is 21.7 Å². The summed E-state index contributed by atoms with van der Waals surface area (Å²) in [6.45, 7) is 16.0. The summed E-state index contributed by atoms with van der Waals surface area (Å²) in [5.74, 6) is 0.560. The molecule has 1 radical (unpaired) electrons. The topological polar surface area (TPSA) is 23.8 Å². The molecule has 0 fully saturated rings. The number of hydrogen-bond acceptors (Lipinski definition) is 0. The van der Waals surface area contributed by atoms with Crippen LogP contribution in [0, 0.1) is 12.0 Å². The van der Waals surface area contributed by atoms with E-state index in [9.17, 15) is 0 Å². The van der Waals surface area contributed by atoms with Crippen molar-refractivity contribution in [1.82, 2.24) is 0 Å². The molecular formula is C41H68NSiTi. The summed E-state index contributed by atoms with van der Waals surface area (Å²) in [5.41, 5.74) is 13.9. The zero-order chi connectivity index (χ0) is 32.0. The first-order chi connectivity index (χ1) is 20.9. The van der Waals surface area contributed by atoms with Crippen LogP contribution in [0.5, 0.6) is 0 Å². The third kappa shape index (κ3) is 25.1. The van der Waals surface area contributed by atoms with Crippen molar-refractivity contribution in [3.05, 3.63) is 89.2 Å². The van der Waals surface area contributed by atoms with Crippen LogP contribution < -0.4 is 0 Å². The molecule has 1 atom stereocenters. The molecule has 1 N–H and O–H groups in total. The Morgan fingerprint density at radius 3 is 1.14 bits per heavy atom. The number of unbranched alkanes of at least 4 members (excludes halogenated alkanes) is 15. The van der Waals surface area contributed by atoms with E-state index < -0.39 is 0 Å². The van der Waals surface area contributed by atoms with E-state index >= 15 is 0 Å². The van der Waals surface area contributed by atoms with E-state index in [1.807, 2.05) is 12.1 Å². The number of rotatable bonds is 17. The molecule has 0 saturated heterocycles. The first-order valence-electron chi connectivity index (χ1n) is 17.7. The second-order valence-electron chi connectivity index (χ2n) is 12.2. The molecular weight excluding hydrogens is 582 g/mol. The third-order valence-corrected chi connectivity index (χ3v) is 8.15. The Hall–Kier alpha value is -1.19. The van der Waals surface area contributed by atoms with Crippen molar-refractivity contribution in [3.8, 4) is 11.1 Å². The molecule has 1 aliphatic carbocycles. The Bertz CT molecular complexity index is 869. The minimum absolute atomic E-state index is 0. The summed E-state index contributed by atoms with van der Waals surface area (Å²) in [7, 11) is 0.750. The van der Waals surface area contributed by atoms with Crippen molar-refractivity contribution in [2.75, 3.05) is 6.54 Å². The fourth-order valence-electron chi connectivity index (χ4n) is 5.10. The average molecular weight is 651 g/mol. The molecule has 0 bridgehead atoms. The van der Waals surface area contributed by atoms with Gasteiger partial charge >= 0.3 is 21.7 Å². The van der Waals surface area contributed by atoms with Crippen LogP contribution in [0.3, 0.4) is 0 Å². The molecule has 0 heterocycles. The maximum atomic E-state index is 7.08. The van der Waals surface area contributed by atoms with Crippen LogP contribution in [0.25, 0.3) is 16.9 Å². The predicted octanol–water partition coefficient (Wildman–Crippen LogP) is 13.9. The van der Waals surface area contributed by atoms with E-state index in [2.05, 4.69) is 102 Å². The molecule has 0 aromatic heterocycles. The van der Waals surface area contributed by atoms with Gasteiger partial charge in [-0.1, -0.05) is 210 Å². The molecule has 0 amide bonds. The molecule has 2 aromatic carbocycles. The van der Waals surface area contributed by atoms with E-state index in [0.717, 1.165) is 15.9 Å². The van der Waals surface area contributed by atoms with Gasteiger partial charge in [0.2, 0.25) is 0 Å². The minimum Gasteiger partial charge on any atom is -0.677 e. The smallest absolute Gasteiger partial charge is 0.677 e. The van der Waals surface area contributed by atoms with Crippen LogP contribution in [0.15, 0.2) is 77.4 Å². The molecule has 0 aliphatic heterocycles. The maximum Gasteiger partial charge on any atom is 2.00 e. The zero-order valence-corrected chi connectivity index (χ0v) is 32.7. The SMILES string of the molecule is CC1=[C-]C(C)C(C)=C1C.CCCCCCCCCCCCCCCCCC[NH-].C[SiH]C.[Ti+2].c1ccc(-c2ccccc2)cc1. The van der Waals surface area contributed by atoms with Crippen LogP contribution in [0.2, 0.25) is 13.1 Å². The average Bonchev–Trinajstić information content (AvgIpc) is 3.25. The number of nitrogens with one attached hydrogen (secondary N) is 1. The van der Waals surface area contributed by atoms with Gasteiger partial charge in [-0.25, -0.2) is 5.57 Å². The molecule has 3 rings (SSSR count). The number of allylic oxidation sites excluding steroid dienone is 4. The molecule has 1 unspecified atom stereocenters. The summed E-state index contributed by atoms with van der Waals surface area (Å²) in [5, 5.41) is 0. The zero-order valence-electron chi connectivity index (χ0n) is 29.9. The Morgan fingerprint density at radius 2 is 0.909 bits per heavy atom. The van der Waals surface area contributed by atoms with Crippen LogP contribution in [0.1, 0.15) is 137 Å². The molecule has 2 aromatic rings. The van der Waals surface area contributed by atoms with E-state index in [4.69, 9.17) is 5.73 Å². The molecule has 1 nitrogen and oxygen atoms in total. The Kier molecular flexibility index (Phi) is 33.9. The van der Waals surface area contributed by atoms with Crippen molar-refractivity contribution in [2.24, 2.45) is 5.92 Å². The summed E-state index contributed by atoms with van der Waals surface area (Å²) in [4.78, 5) is 0. The second-order valence-corrected chi connectivity index (χ2v) is 13.3. The van der Waals surface area contributed by atoms with Gasteiger partial charge in [0.15, 0.2) is 0 Å². The van der Waals surface area contributed by atoms with E-state index in [1.165, 1.54) is 124 Å². The fraction of sp³-hybridized carbons (Fsp3) is 0.610.